The van der Waals surface area contributed by atoms with Crippen LogP contribution >= 0.6 is 0 Å². The fourth-order valence-electron chi connectivity index (χ4n) is 12.3. The zero-order valence-corrected chi connectivity index (χ0v) is 55.0. The van der Waals surface area contributed by atoms with Crippen LogP contribution in [0.15, 0.2) is 24.3 Å². The summed E-state index contributed by atoms with van der Waals surface area (Å²) in [5, 5.41) is 168. The molecule has 36 heteroatoms. The minimum atomic E-state index is -2.08. The first kappa shape index (κ1) is 80.2. The third kappa shape index (κ3) is 20.4. The van der Waals surface area contributed by atoms with E-state index in [1.165, 1.54) is 19.1 Å². The maximum Gasteiger partial charge on any atom is 0.251 e. The van der Waals surface area contributed by atoms with Crippen molar-refractivity contribution < 1.29 is 152 Å². The number of aliphatic hydroxyl groups is 14. The summed E-state index contributed by atoms with van der Waals surface area (Å²) in [4.78, 5) is 65.0. The number of carbonyl (C=O) groups excluding carboxylic acids is 5. The minimum Gasteiger partial charge on any atom is -0.494 e. The summed E-state index contributed by atoms with van der Waals surface area (Å²) in [7, 11) is 0. The van der Waals surface area contributed by atoms with E-state index in [0.717, 1.165) is 59.8 Å². The number of benzene rings is 1. The predicted molar refractivity (Wildman–Crippen MR) is 327 cm³/mol. The zero-order valence-electron chi connectivity index (χ0n) is 55.0. The highest BCUT2D eigenvalue weighted by molar-refractivity contribution is 5.94. The molecule has 1 aromatic rings. The molecule has 98 heavy (non-hydrogen) atoms. The van der Waals surface area contributed by atoms with Gasteiger partial charge in [-0.05, 0) is 38.0 Å². The van der Waals surface area contributed by atoms with Crippen LogP contribution < -0.4 is 31.3 Å². The van der Waals surface area contributed by atoms with Crippen LogP contribution in [-0.2, 0) is 71.3 Å². The van der Waals surface area contributed by atoms with Crippen molar-refractivity contribution in [2.24, 2.45) is 0 Å². The third-order valence-corrected chi connectivity index (χ3v) is 17.4. The number of nitrogens with one attached hydrogen (secondary N) is 5. The van der Waals surface area contributed by atoms with Crippen molar-refractivity contribution in [1.82, 2.24) is 26.6 Å². The third-order valence-electron chi connectivity index (χ3n) is 17.4. The molecule has 6 heterocycles. The molecule has 6 aliphatic heterocycles. The molecule has 0 aliphatic carbocycles. The highest BCUT2D eigenvalue weighted by Gasteiger charge is 2.58. The first-order valence-electron chi connectivity index (χ1n) is 32.6. The lowest BCUT2D eigenvalue weighted by molar-refractivity contribution is -0.368. The van der Waals surface area contributed by atoms with E-state index in [9.17, 15) is 95.5 Å². The Bertz CT molecular complexity index is 2770. The van der Waals surface area contributed by atoms with Crippen molar-refractivity contribution in [2.75, 3.05) is 39.6 Å². The molecule has 0 saturated carbocycles. The van der Waals surface area contributed by atoms with Gasteiger partial charge in [0.1, 0.15) is 146 Å². The first-order valence-corrected chi connectivity index (χ1v) is 32.6. The zero-order chi connectivity index (χ0) is 71.8. The van der Waals surface area contributed by atoms with Crippen LogP contribution in [0.1, 0.15) is 96.8 Å². The van der Waals surface area contributed by atoms with E-state index in [4.69, 9.17) is 56.8 Å². The molecule has 30 atom stereocenters. The van der Waals surface area contributed by atoms with Gasteiger partial charge in [-0.2, -0.15) is 0 Å². The maximum atomic E-state index is 13.9. The summed E-state index contributed by atoms with van der Waals surface area (Å²) in [5.74, 6) is 2.53. The Labute approximate surface area is 564 Å². The highest BCUT2D eigenvalue weighted by Crippen LogP contribution is 2.37. The van der Waals surface area contributed by atoms with Gasteiger partial charge in [0, 0.05) is 46.1 Å². The first-order chi connectivity index (χ1) is 46.7. The topological polar surface area (TPSA) is 539 Å². The smallest absolute Gasteiger partial charge is 0.251 e. The molecule has 19 N–H and O–H groups in total. The number of amides is 5. The number of carbonyl (C=O) groups is 5. The van der Waals surface area contributed by atoms with Gasteiger partial charge in [0.25, 0.3) is 5.91 Å². The average Bonchev–Trinajstić information content (AvgIpc) is 0.772. The van der Waals surface area contributed by atoms with E-state index < -0.39 is 246 Å². The molecule has 7 rings (SSSR count). The summed E-state index contributed by atoms with van der Waals surface area (Å²) < 4.78 is 71.9. The second kappa shape index (κ2) is 37.7. The van der Waals surface area contributed by atoms with E-state index in [1.54, 1.807) is 12.1 Å². The van der Waals surface area contributed by atoms with E-state index in [0.29, 0.717) is 18.6 Å². The molecule has 0 bridgehead atoms. The largest absolute Gasteiger partial charge is 0.494 e. The molecule has 0 aromatic heterocycles. The van der Waals surface area contributed by atoms with Gasteiger partial charge in [-0.25, -0.2) is 0 Å². The lowest BCUT2D eigenvalue weighted by atomic mass is 9.93. The predicted octanol–water partition coefficient (Wildman–Crippen LogP) is -7.93. The van der Waals surface area contributed by atoms with Crippen molar-refractivity contribution in [1.29, 1.82) is 0 Å². The van der Waals surface area contributed by atoms with Gasteiger partial charge in [-0.1, -0.05) is 32.3 Å². The normalized spacial score (nSPS) is 39.6. The average molecular weight is 1410 g/mol. The Morgan fingerprint density at radius 2 is 0.878 bits per heavy atom. The number of rotatable bonds is 29. The fourth-order valence-corrected chi connectivity index (χ4v) is 12.3. The molecular weight excluding hydrogens is 1310 g/mol. The molecule has 0 spiro atoms. The Kier molecular flexibility index (Phi) is 30.9. The molecule has 0 radical (unpaired) electrons. The van der Waals surface area contributed by atoms with Crippen LogP contribution in [0.25, 0.3) is 0 Å². The second-order valence-electron chi connectivity index (χ2n) is 24.9. The SMILES string of the molecule is CCCCCCC#CCCCOc1cccc(C(=O)N[C@@H]2C(O[C@H]3C(O)C(NC(C)=O)C(OC4C(CO)O[C@@H](O[C@H]5C(O)C(NC(C)=O)C(OC6C(CO[C@@H]7OC(C)[C@@H](O)C(O)[C@H]7O)O[C@@H](O)[C@@H](NC(C)=O)[C@H]6O)O[C@H]5CO)[C@@H](NC(C)=O)[C@H]4O)O[C@H]3CO)OC(CO)[C@@H](O)[C@@H]2O)c1. The van der Waals surface area contributed by atoms with E-state index >= 15 is 0 Å². The lowest BCUT2D eigenvalue weighted by Gasteiger charge is -2.51. The van der Waals surface area contributed by atoms with Gasteiger partial charge in [0.15, 0.2) is 37.7 Å². The van der Waals surface area contributed by atoms with Crippen molar-refractivity contribution in [3.05, 3.63) is 29.8 Å². The van der Waals surface area contributed by atoms with Crippen LogP contribution in [-0.4, -0.2) is 325 Å². The van der Waals surface area contributed by atoms with Gasteiger partial charge in [0.2, 0.25) is 23.6 Å². The molecule has 5 amide bonds. The number of hydrogen-bond donors (Lipinski definition) is 19. The number of unbranched alkanes of at least 4 members (excludes halogenated alkanes) is 5. The standard InChI is InChI=1S/C62H97N5O31/c1-7-8-9-10-11-12-13-14-15-19-87-32-18-16-17-31(20-32)56(85)67-39-45(78)44(77)33(21-68)91-58(39)95-52-34(22-69)92-59(40(47(52)80)64-28(4)73)96-53-35(23-70)93-60(41(48(53)81)65-29(5)74)97-54-36(24-71)94-61(42(49(54)82)66-30(6)75)98-55-37(90-57(86)38(46(55)79)63-27(3)72)25-88-62-51(84)50(83)43(76)26(2)89-62/h16-18,20,26,33-55,57-62,68-71,76-84,86H,7-11,14-15,19,21-25H2,1-6H3,(H,63,72)(H,64,73)(H,65,74)(H,66,75)(H,67,85)/t26?,33?,34-,35?,36-,37?,38-,39-,40?,41-,42?,43+,44+,45+,46+,47?,48+,49?,50?,51+,52+,53?,54+,55?,57+,58?,59?,60-,61?,62+/m0/s1. The summed E-state index contributed by atoms with van der Waals surface area (Å²) in [6.45, 7) is 3.20. The number of aliphatic hydroxyl groups excluding tert-OH is 14. The van der Waals surface area contributed by atoms with Crippen LogP contribution in [0.2, 0.25) is 0 Å². The number of ether oxygens (including phenoxy) is 12. The fraction of sp³-hybridized carbons (Fsp3) is 0.790. The Morgan fingerprint density at radius 3 is 1.34 bits per heavy atom. The molecule has 14 unspecified atom stereocenters. The molecule has 36 nitrogen and oxygen atoms in total. The molecule has 6 aliphatic rings. The highest BCUT2D eigenvalue weighted by atomic mass is 16.8. The molecular formula is C62H97N5O31. The maximum absolute atomic E-state index is 13.9. The summed E-state index contributed by atoms with van der Waals surface area (Å²) in [6, 6.07) is -2.60. The van der Waals surface area contributed by atoms with Gasteiger partial charge < -0.3 is 155 Å². The number of hydrogen-bond acceptors (Lipinski definition) is 31. The molecule has 6 fully saturated rings. The van der Waals surface area contributed by atoms with Crippen LogP contribution in [0.5, 0.6) is 5.75 Å². The summed E-state index contributed by atoms with van der Waals surface area (Å²) in [6.07, 6.45) is -38.5. The molecule has 6 saturated heterocycles. The Balaban J connectivity index is 1.07. The Morgan fingerprint density at radius 1 is 0.449 bits per heavy atom. The van der Waals surface area contributed by atoms with Crippen LogP contribution in [0.3, 0.4) is 0 Å². The van der Waals surface area contributed by atoms with Gasteiger partial charge in [-0.3, -0.25) is 24.0 Å². The van der Waals surface area contributed by atoms with Crippen molar-refractivity contribution >= 4 is 29.5 Å². The molecule has 1 aromatic carbocycles. The Hall–Kier alpha value is -5.07. The lowest BCUT2D eigenvalue weighted by Crippen LogP contribution is -2.72. The van der Waals surface area contributed by atoms with Crippen molar-refractivity contribution in [2.45, 2.75) is 270 Å². The quantitative estimate of drug-likeness (QED) is 0.0262. The molecule has 556 valence electrons. The van der Waals surface area contributed by atoms with Crippen LogP contribution in [0.4, 0.5) is 0 Å². The van der Waals surface area contributed by atoms with Crippen molar-refractivity contribution in [3.63, 3.8) is 0 Å². The van der Waals surface area contributed by atoms with Crippen LogP contribution in [0, 0.1) is 11.8 Å². The van der Waals surface area contributed by atoms with Gasteiger partial charge in [0.05, 0.1) is 45.7 Å². The minimum absolute atomic E-state index is 0.0314. The summed E-state index contributed by atoms with van der Waals surface area (Å²) >= 11 is 0. The van der Waals surface area contributed by atoms with Gasteiger partial charge >= 0.3 is 0 Å². The van der Waals surface area contributed by atoms with Crippen molar-refractivity contribution in [3.8, 4) is 17.6 Å². The van der Waals surface area contributed by atoms with E-state index in [1.807, 2.05) is 0 Å². The van der Waals surface area contributed by atoms with E-state index in [-0.39, 0.29) is 12.2 Å². The van der Waals surface area contributed by atoms with E-state index in [2.05, 4.69) is 45.3 Å². The second-order valence-corrected chi connectivity index (χ2v) is 24.9. The monoisotopic (exact) mass is 1410 g/mol. The van der Waals surface area contributed by atoms with Gasteiger partial charge in [-0.15, -0.1) is 11.8 Å². The summed E-state index contributed by atoms with van der Waals surface area (Å²) in [5.41, 5.74) is 0.0314.